The summed E-state index contributed by atoms with van der Waals surface area (Å²) in [6.07, 6.45) is -0.0521. The Labute approximate surface area is 89.4 Å². The molecule has 88 valence electrons. The zero-order chi connectivity index (χ0) is 12.1. The monoisotopic (exact) mass is 219 g/mol. The molecule has 0 spiro atoms. The third-order valence-corrected chi connectivity index (χ3v) is 1.60. The lowest BCUT2D eigenvalue weighted by molar-refractivity contribution is -0.111. The topological polar surface area (TPSA) is 46.6 Å². The van der Waals surface area contributed by atoms with Crippen molar-refractivity contribution in [2.75, 3.05) is 20.3 Å². The van der Waals surface area contributed by atoms with E-state index < -0.39 is 24.3 Å². The molecule has 5 heteroatoms. The molecule has 0 aromatic carbocycles. The van der Waals surface area contributed by atoms with Gasteiger partial charge in [0.2, 0.25) is 0 Å². The number of alkyl halides is 1. The minimum absolute atomic E-state index is 0.0366. The van der Waals surface area contributed by atoms with Crippen molar-refractivity contribution in [3.63, 3.8) is 0 Å². The lowest BCUT2D eigenvalue weighted by atomic mass is 10.2. The minimum Gasteiger partial charge on any atom is -0.444 e. The van der Waals surface area contributed by atoms with Gasteiger partial charge < -0.3 is 14.4 Å². The van der Waals surface area contributed by atoms with E-state index in [0.29, 0.717) is 6.29 Å². The number of hydrogen-bond acceptors (Lipinski definition) is 3. The van der Waals surface area contributed by atoms with Crippen molar-refractivity contribution in [3.05, 3.63) is 0 Å². The predicted molar refractivity (Wildman–Crippen MR) is 54.4 cm³/mol. The van der Waals surface area contributed by atoms with Crippen LogP contribution in [0.4, 0.5) is 9.18 Å². The highest BCUT2D eigenvalue weighted by Crippen LogP contribution is 2.09. The van der Waals surface area contributed by atoms with Crippen LogP contribution in [0.5, 0.6) is 0 Å². The van der Waals surface area contributed by atoms with Gasteiger partial charge in [-0.15, -0.1) is 0 Å². The number of carbonyl (C=O) groups is 2. The number of halogens is 1. The van der Waals surface area contributed by atoms with E-state index in [1.807, 2.05) is 0 Å². The Morgan fingerprint density at radius 1 is 1.53 bits per heavy atom. The molecule has 0 aliphatic rings. The van der Waals surface area contributed by atoms with Gasteiger partial charge in [-0.1, -0.05) is 0 Å². The fourth-order valence-corrected chi connectivity index (χ4v) is 0.894. The largest absolute Gasteiger partial charge is 0.444 e. The number of rotatable bonds is 4. The van der Waals surface area contributed by atoms with Crippen LogP contribution in [0.3, 0.4) is 0 Å². The first-order valence-corrected chi connectivity index (χ1v) is 4.75. The van der Waals surface area contributed by atoms with Gasteiger partial charge in [0.1, 0.15) is 18.6 Å². The predicted octanol–water partition coefficient (Wildman–Crippen LogP) is 1.64. The minimum atomic E-state index is -0.775. The highest BCUT2D eigenvalue weighted by molar-refractivity contribution is 5.68. The molecule has 0 N–H and O–H groups in total. The van der Waals surface area contributed by atoms with Crippen LogP contribution < -0.4 is 0 Å². The molecule has 0 rings (SSSR count). The first-order valence-electron chi connectivity index (χ1n) is 4.75. The smallest absolute Gasteiger partial charge is 0.410 e. The summed E-state index contributed by atoms with van der Waals surface area (Å²) in [4.78, 5) is 23.0. The highest BCUT2D eigenvalue weighted by Gasteiger charge is 2.21. The average Bonchev–Trinajstić information content (AvgIpc) is 2.10. The summed E-state index contributed by atoms with van der Waals surface area (Å²) in [5.74, 6) is -0.775. The van der Waals surface area contributed by atoms with Crippen molar-refractivity contribution in [2.45, 2.75) is 26.4 Å². The normalized spacial score (nSPS) is 13.1. The van der Waals surface area contributed by atoms with Gasteiger partial charge in [0.05, 0.1) is 5.92 Å². The van der Waals surface area contributed by atoms with Gasteiger partial charge in [0, 0.05) is 13.6 Å². The quantitative estimate of drug-likeness (QED) is 0.675. The highest BCUT2D eigenvalue weighted by atomic mass is 19.1. The maximum absolute atomic E-state index is 12.2. The third kappa shape index (κ3) is 6.04. The zero-order valence-electron chi connectivity index (χ0n) is 9.62. The second-order valence-electron chi connectivity index (χ2n) is 4.41. The molecule has 0 heterocycles. The molecular weight excluding hydrogens is 201 g/mol. The lowest BCUT2D eigenvalue weighted by Crippen LogP contribution is -2.37. The fraction of sp³-hybridized carbons (Fsp3) is 0.800. The van der Waals surface area contributed by atoms with Crippen LogP contribution in [0.15, 0.2) is 0 Å². The summed E-state index contributed by atoms with van der Waals surface area (Å²) in [5, 5.41) is 0. The van der Waals surface area contributed by atoms with Gasteiger partial charge in [0.15, 0.2) is 0 Å². The molecule has 0 radical (unpaired) electrons. The number of aldehydes is 1. The van der Waals surface area contributed by atoms with E-state index in [1.165, 1.54) is 11.9 Å². The van der Waals surface area contributed by atoms with Crippen LogP contribution in [0, 0.1) is 5.92 Å². The van der Waals surface area contributed by atoms with Crippen LogP contribution >= 0.6 is 0 Å². The Bertz CT molecular complexity index is 225. The van der Waals surface area contributed by atoms with Gasteiger partial charge in [0.25, 0.3) is 0 Å². The van der Waals surface area contributed by atoms with Crippen LogP contribution in [0.25, 0.3) is 0 Å². The molecule has 0 aliphatic carbocycles. The van der Waals surface area contributed by atoms with Crippen LogP contribution in [-0.2, 0) is 9.53 Å². The zero-order valence-corrected chi connectivity index (χ0v) is 9.62. The van der Waals surface area contributed by atoms with E-state index in [1.54, 1.807) is 20.8 Å². The molecule has 0 saturated carbocycles. The standard InChI is InChI=1S/C10H18FNO3/c1-10(2,3)15-9(14)12(4)6-8(5-11)7-13/h7-8H,5-6H2,1-4H3. The Morgan fingerprint density at radius 2 is 2.07 bits per heavy atom. The molecule has 1 amide bonds. The number of hydrogen-bond donors (Lipinski definition) is 0. The number of nitrogens with zero attached hydrogens (tertiary/aromatic N) is 1. The van der Waals surface area contributed by atoms with Crippen LogP contribution in [0.1, 0.15) is 20.8 Å². The molecule has 0 aromatic heterocycles. The van der Waals surface area contributed by atoms with E-state index >= 15 is 0 Å². The van der Waals surface area contributed by atoms with Crippen molar-refractivity contribution in [1.29, 1.82) is 0 Å². The third-order valence-electron chi connectivity index (χ3n) is 1.60. The number of carbonyl (C=O) groups excluding carboxylic acids is 2. The summed E-state index contributed by atoms with van der Waals surface area (Å²) in [6, 6.07) is 0. The Kier molecular flexibility index (Phi) is 5.25. The molecule has 0 fully saturated rings. The maximum atomic E-state index is 12.2. The molecule has 1 unspecified atom stereocenters. The van der Waals surface area contributed by atoms with E-state index in [0.717, 1.165) is 0 Å². The summed E-state index contributed by atoms with van der Waals surface area (Å²) in [6.45, 7) is 4.49. The Hall–Kier alpha value is -1.13. The Morgan fingerprint density at radius 3 is 2.40 bits per heavy atom. The first-order chi connectivity index (χ1) is 6.80. The van der Waals surface area contributed by atoms with Crippen molar-refractivity contribution in [2.24, 2.45) is 5.92 Å². The summed E-state index contributed by atoms with van der Waals surface area (Å²) in [5.41, 5.74) is -0.586. The molecule has 0 aromatic rings. The molecule has 4 nitrogen and oxygen atoms in total. The maximum Gasteiger partial charge on any atom is 0.410 e. The average molecular weight is 219 g/mol. The van der Waals surface area contributed by atoms with E-state index in [9.17, 15) is 14.0 Å². The Balaban J connectivity index is 4.15. The second kappa shape index (κ2) is 5.68. The second-order valence-corrected chi connectivity index (χ2v) is 4.41. The van der Waals surface area contributed by atoms with Crippen molar-refractivity contribution >= 4 is 12.4 Å². The molecule has 0 saturated heterocycles. The molecular formula is C10H18FNO3. The number of amides is 1. The van der Waals surface area contributed by atoms with E-state index in [2.05, 4.69) is 0 Å². The summed E-state index contributed by atoms with van der Waals surface area (Å²) in [7, 11) is 1.47. The van der Waals surface area contributed by atoms with Crippen LogP contribution in [-0.4, -0.2) is 43.1 Å². The van der Waals surface area contributed by atoms with Crippen molar-refractivity contribution < 1.29 is 18.7 Å². The summed E-state index contributed by atoms with van der Waals surface area (Å²) >= 11 is 0. The van der Waals surface area contributed by atoms with Gasteiger partial charge in [-0.25, -0.2) is 4.79 Å². The van der Waals surface area contributed by atoms with Crippen LogP contribution in [0.2, 0.25) is 0 Å². The van der Waals surface area contributed by atoms with Crippen molar-refractivity contribution in [3.8, 4) is 0 Å². The molecule has 15 heavy (non-hydrogen) atoms. The van der Waals surface area contributed by atoms with Gasteiger partial charge in [-0.3, -0.25) is 4.39 Å². The van der Waals surface area contributed by atoms with Gasteiger partial charge >= 0.3 is 6.09 Å². The number of ether oxygens (including phenoxy) is 1. The van der Waals surface area contributed by atoms with E-state index in [-0.39, 0.29) is 6.54 Å². The first kappa shape index (κ1) is 13.9. The molecule has 0 aliphatic heterocycles. The van der Waals surface area contributed by atoms with E-state index in [4.69, 9.17) is 4.74 Å². The van der Waals surface area contributed by atoms with Gasteiger partial charge in [-0.05, 0) is 20.8 Å². The van der Waals surface area contributed by atoms with Gasteiger partial charge in [-0.2, -0.15) is 0 Å². The SMILES string of the molecule is CN(CC(C=O)CF)C(=O)OC(C)(C)C. The summed E-state index contributed by atoms with van der Waals surface area (Å²) < 4.78 is 17.2. The van der Waals surface area contributed by atoms with Crippen molar-refractivity contribution in [1.82, 2.24) is 4.90 Å². The lowest BCUT2D eigenvalue weighted by Gasteiger charge is -2.25. The molecule has 0 bridgehead atoms. The fourth-order valence-electron chi connectivity index (χ4n) is 0.894. The molecule has 1 atom stereocenters.